The summed E-state index contributed by atoms with van der Waals surface area (Å²) >= 11 is 0. The van der Waals surface area contributed by atoms with Crippen molar-refractivity contribution >= 4 is 0 Å². The van der Waals surface area contributed by atoms with Crippen LogP contribution < -0.4 is 0 Å². The summed E-state index contributed by atoms with van der Waals surface area (Å²) in [5.74, 6) is 11.9. The van der Waals surface area contributed by atoms with Gasteiger partial charge in [0.15, 0.2) is 0 Å². The van der Waals surface area contributed by atoms with Crippen LogP contribution in [0.5, 0.6) is 0 Å². The number of unbranched alkanes of at least 4 members (excludes halogenated alkanes) is 7. The van der Waals surface area contributed by atoms with E-state index in [1.54, 1.807) is 6.07 Å². The summed E-state index contributed by atoms with van der Waals surface area (Å²) < 4.78 is 14.6. The summed E-state index contributed by atoms with van der Waals surface area (Å²) in [4.78, 5) is 0. The van der Waals surface area contributed by atoms with Crippen molar-refractivity contribution in [2.45, 2.75) is 84.5 Å². The van der Waals surface area contributed by atoms with Crippen LogP contribution in [0.2, 0.25) is 0 Å². The van der Waals surface area contributed by atoms with E-state index in [0.29, 0.717) is 11.1 Å². The molecule has 3 aromatic carbocycles. The Morgan fingerprint density at radius 3 is 1.56 bits per heavy atom. The molecule has 0 aliphatic heterocycles. The Morgan fingerprint density at radius 1 is 0.500 bits per heavy atom. The Hall–Kier alpha value is -3.29. The van der Waals surface area contributed by atoms with E-state index in [-0.39, 0.29) is 5.82 Å². The molecular weight excluding hydrogens is 439 g/mol. The van der Waals surface area contributed by atoms with Crippen molar-refractivity contribution in [2.24, 2.45) is 0 Å². The summed E-state index contributed by atoms with van der Waals surface area (Å²) in [5, 5.41) is 0. The van der Waals surface area contributed by atoms with E-state index in [1.165, 1.54) is 75.0 Å². The van der Waals surface area contributed by atoms with Crippen LogP contribution in [-0.4, -0.2) is 0 Å². The van der Waals surface area contributed by atoms with Gasteiger partial charge >= 0.3 is 0 Å². The largest absolute Gasteiger partial charge is 0.206 e. The molecule has 3 aromatic rings. The first-order valence-electron chi connectivity index (χ1n) is 13.7. The van der Waals surface area contributed by atoms with E-state index in [2.05, 4.69) is 73.9 Å². The van der Waals surface area contributed by atoms with Gasteiger partial charge in [-0.05, 0) is 79.3 Å². The fourth-order valence-electron chi connectivity index (χ4n) is 4.15. The smallest absolute Gasteiger partial charge is 0.140 e. The van der Waals surface area contributed by atoms with Crippen molar-refractivity contribution < 1.29 is 4.39 Å². The van der Waals surface area contributed by atoms with Gasteiger partial charge in [0.2, 0.25) is 0 Å². The molecule has 0 radical (unpaired) electrons. The maximum Gasteiger partial charge on any atom is 0.140 e. The third-order valence-electron chi connectivity index (χ3n) is 6.46. The molecule has 0 unspecified atom stereocenters. The second kappa shape index (κ2) is 15.7. The minimum atomic E-state index is -0.334. The lowest BCUT2D eigenvalue weighted by Crippen LogP contribution is -1.88. The van der Waals surface area contributed by atoms with Crippen molar-refractivity contribution in [3.05, 3.63) is 106 Å². The van der Waals surface area contributed by atoms with Crippen LogP contribution in [0.3, 0.4) is 0 Å². The minimum absolute atomic E-state index is 0.334. The van der Waals surface area contributed by atoms with Gasteiger partial charge in [0.25, 0.3) is 0 Å². The molecule has 0 bridgehead atoms. The highest BCUT2D eigenvalue weighted by atomic mass is 19.1. The second-order valence-corrected chi connectivity index (χ2v) is 9.56. The lowest BCUT2D eigenvalue weighted by molar-refractivity contribution is 0.589. The van der Waals surface area contributed by atoms with Crippen LogP contribution in [0.25, 0.3) is 0 Å². The van der Waals surface area contributed by atoms with Gasteiger partial charge in [0.1, 0.15) is 5.82 Å². The average Bonchev–Trinajstić information content (AvgIpc) is 2.91. The van der Waals surface area contributed by atoms with Crippen molar-refractivity contribution in [3.8, 4) is 23.7 Å². The normalized spacial score (nSPS) is 10.3. The van der Waals surface area contributed by atoms with Gasteiger partial charge in [-0.1, -0.05) is 107 Å². The number of benzene rings is 3. The van der Waals surface area contributed by atoms with E-state index in [4.69, 9.17) is 0 Å². The molecule has 186 valence electrons. The highest BCUT2D eigenvalue weighted by Gasteiger charge is 2.01. The molecule has 0 fully saturated rings. The van der Waals surface area contributed by atoms with Crippen LogP contribution >= 0.6 is 0 Å². The molecule has 1 heteroatoms. The third kappa shape index (κ3) is 9.76. The fraction of sp³-hybridized carbons (Fsp3) is 0.371. The second-order valence-electron chi connectivity index (χ2n) is 9.56. The highest BCUT2D eigenvalue weighted by Crippen LogP contribution is 2.13. The summed E-state index contributed by atoms with van der Waals surface area (Å²) in [6.45, 7) is 4.45. The summed E-state index contributed by atoms with van der Waals surface area (Å²) in [6, 6.07) is 21.7. The molecule has 0 atom stereocenters. The Kier molecular flexibility index (Phi) is 11.9. The topological polar surface area (TPSA) is 0 Å². The van der Waals surface area contributed by atoms with Crippen LogP contribution in [0.1, 0.15) is 105 Å². The zero-order valence-electron chi connectivity index (χ0n) is 22.0. The molecule has 0 amide bonds. The van der Waals surface area contributed by atoms with Crippen molar-refractivity contribution in [3.63, 3.8) is 0 Å². The van der Waals surface area contributed by atoms with Crippen molar-refractivity contribution in [1.82, 2.24) is 0 Å². The van der Waals surface area contributed by atoms with Crippen LogP contribution in [0.4, 0.5) is 4.39 Å². The standard InChI is InChI=1S/C35H39F/c1-3-5-7-8-9-10-11-13-30-16-18-31(19-17-30)22-23-33-25-27-34(35(36)28-33)26-24-32-20-14-29(15-21-32)12-6-4-2/h14-21,25,27-28H,3-13H2,1-2H3. The predicted octanol–water partition coefficient (Wildman–Crippen LogP) is 9.26. The summed E-state index contributed by atoms with van der Waals surface area (Å²) in [7, 11) is 0. The first-order valence-corrected chi connectivity index (χ1v) is 13.7. The minimum Gasteiger partial charge on any atom is -0.206 e. The van der Waals surface area contributed by atoms with Gasteiger partial charge in [0.05, 0.1) is 5.56 Å². The average molecular weight is 479 g/mol. The number of aryl methyl sites for hydroxylation is 2. The van der Waals surface area contributed by atoms with Gasteiger partial charge < -0.3 is 0 Å². The Balaban J connectivity index is 1.51. The van der Waals surface area contributed by atoms with Gasteiger partial charge in [-0.3, -0.25) is 0 Å². The molecule has 0 aromatic heterocycles. The molecule has 0 aliphatic carbocycles. The van der Waals surface area contributed by atoms with Gasteiger partial charge in [0, 0.05) is 16.7 Å². The van der Waals surface area contributed by atoms with Crippen LogP contribution in [0, 0.1) is 29.5 Å². The molecule has 0 spiro atoms. The van der Waals surface area contributed by atoms with E-state index in [1.807, 2.05) is 18.2 Å². The maximum absolute atomic E-state index is 14.6. The first-order chi connectivity index (χ1) is 17.7. The molecule has 0 nitrogen and oxygen atoms in total. The molecule has 0 saturated heterocycles. The molecule has 0 heterocycles. The molecule has 0 aliphatic rings. The molecule has 3 rings (SSSR count). The van der Waals surface area contributed by atoms with Crippen LogP contribution in [-0.2, 0) is 12.8 Å². The quantitative estimate of drug-likeness (QED) is 0.190. The van der Waals surface area contributed by atoms with Crippen molar-refractivity contribution in [2.75, 3.05) is 0 Å². The zero-order valence-corrected chi connectivity index (χ0v) is 22.0. The number of hydrogen-bond donors (Lipinski definition) is 0. The third-order valence-corrected chi connectivity index (χ3v) is 6.46. The SMILES string of the molecule is CCCCCCCCCc1ccc(C#Cc2ccc(C#Cc3ccc(CCCC)cc3)c(F)c2)cc1. The Labute approximate surface area is 218 Å². The zero-order chi connectivity index (χ0) is 25.4. The molecule has 36 heavy (non-hydrogen) atoms. The number of hydrogen-bond acceptors (Lipinski definition) is 0. The lowest BCUT2D eigenvalue weighted by atomic mass is 10.0. The predicted molar refractivity (Wildman–Crippen MR) is 152 cm³/mol. The number of halogens is 1. The number of rotatable bonds is 11. The maximum atomic E-state index is 14.6. The van der Waals surface area contributed by atoms with Crippen molar-refractivity contribution in [1.29, 1.82) is 0 Å². The first kappa shape index (κ1) is 27.3. The fourth-order valence-corrected chi connectivity index (χ4v) is 4.15. The Morgan fingerprint density at radius 2 is 0.972 bits per heavy atom. The van der Waals surface area contributed by atoms with E-state index < -0.39 is 0 Å². The van der Waals surface area contributed by atoms with Gasteiger partial charge in [-0.25, -0.2) is 4.39 Å². The van der Waals surface area contributed by atoms with Gasteiger partial charge in [-0.15, -0.1) is 0 Å². The van der Waals surface area contributed by atoms with Gasteiger partial charge in [-0.2, -0.15) is 0 Å². The molecular formula is C35H39F. The Bertz CT molecular complexity index is 1180. The van der Waals surface area contributed by atoms with E-state index in [9.17, 15) is 4.39 Å². The van der Waals surface area contributed by atoms with E-state index >= 15 is 0 Å². The lowest BCUT2D eigenvalue weighted by Gasteiger charge is -2.02. The highest BCUT2D eigenvalue weighted by molar-refractivity contribution is 5.49. The summed E-state index contributed by atoms with van der Waals surface area (Å²) in [5.41, 5.74) is 5.58. The van der Waals surface area contributed by atoms with Crippen LogP contribution in [0.15, 0.2) is 66.7 Å². The van der Waals surface area contributed by atoms with E-state index in [0.717, 1.165) is 24.0 Å². The molecule has 0 saturated carbocycles. The monoisotopic (exact) mass is 478 g/mol. The molecule has 0 N–H and O–H groups in total. The summed E-state index contributed by atoms with van der Waals surface area (Å²) in [6.07, 6.45) is 13.9.